The van der Waals surface area contributed by atoms with E-state index in [1.54, 1.807) is 9.21 Å². The number of anilines is 1. The standard InChI is InChI=1S/C19H20N4O2S/c20-15-21-10-9-19(14-21)23-12-11-22(26(23,24)25)18-8-4-7-17(13-18)16-5-2-1-3-6-16/h1-8,13,19H,9-12,14H2/t19-/m1/s1. The third-order valence-corrected chi connectivity index (χ3v) is 7.08. The van der Waals surface area contributed by atoms with Gasteiger partial charge < -0.3 is 4.90 Å². The largest absolute Gasteiger partial charge is 0.309 e. The van der Waals surface area contributed by atoms with Crippen molar-refractivity contribution in [3.05, 3.63) is 54.6 Å². The van der Waals surface area contributed by atoms with Crippen molar-refractivity contribution in [3.63, 3.8) is 0 Å². The van der Waals surface area contributed by atoms with Gasteiger partial charge in [0.1, 0.15) is 0 Å². The van der Waals surface area contributed by atoms with Crippen LogP contribution in [0.15, 0.2) is 54.6 Å². The molecule has 0 N–H and O–H groups in total. The summed E-state index contributed by atoms with van der Waals surface area (Å²) in [4.78, 5) is 1.62. The third-order valence-electron chi connectivity index (χ3n) is 5.05. The molecule has 134 valence electrons. The highest BCUT2D eigenvalue weighted by atomic mass is 32.2. The molecule has 0 saturated carbocycles. The maximum Gasteiger partial charge on any atom is 0.304 e. The lowest BCUT2D eigenvalue weighted by Gasteiger charge is -2.24. The Morgan fingerprint density at radius 2 is 1.73 bits per heavy atom. The molecule has 1 atom stereocenters. The summed E-state index contributed by atoms with van der Waals surface area (Å²) >= 11 is 0. The minimum atomic E-state index is -3.56. The molecule has 0 aliphatic carbocycles. The molecule has 7 heteroatoms. The molecule has 2 aliphatic rings. The minimum absolute atomic E-state index is 0.123. The van der Waals surface area contributed by atoms with Gasteiger partial charge in [-0.15, -0.1) is 0 Å². The van der Waals surface area contributed by atoms with Gasteiger partial charge in [-0.1, -0.05) is 42.5 Å². The van der Waals surface area contributed by atoms with E-state index in [9.17, 15) is 8.42 Å². The van der Waals surface area contributed by atoms with Crippen molar-refractivity contribution >= 4 is 15.9 Å². The number of nitrogens with zero attached hydrogens (tertiary/aromatic N) is 4. The van der Waals surface area contributed by atoms with Crippen molar-refractivity contribution in [2.45, 2.75) is 12.5 Å². The number of benzene rings is 2. The Hall–Kier alpha value is -2.56. The molecule has 0 bridgehead atoms. The summed E-state index contributed by atoms with van der Waals surface area (Å²) in [7, 11) is -3.56. The van der Waals surface area contributed by atoms with Gasteiger partial charge in [0.05, 0.1) is 5.69 Å². The molecule has 2 saturated heterocycles. The average Bonchev–Trinajstić information content (AvgIpc) is 3.26. The lowest BCUT2D eigenvalue weighted by Crippen LogP contribution is -2.41. The Balaban J connectivity index is 1.61. The number of rotatable bonds is 3. The Bertz CT molecular complexity index is 940. The normalized spacial score (nSPS) is 22.5. The number of hydrogen-bond acceptors (Lipinski definition) is 4. The summed E-state index contributed by atoms with van der Waals surface area (Å²) in [6.45, 7) is 2.00. The zero-order valence-corrected chi connectivity index (χ0v) is 15.1. The molecule has 0 unspecified atom stereocenters. The van der Waals surface area contributed by atoms with E-state index in [1.807, 2.05) is 54.6 Å². The van der Waals surface area contributed by atoms with Crippen LogP contribution in [0, 0.1) is 11.5 Å². The molecular weight excluding hydrogens is 348 g/mol. The fourth-order valence-corrected chi connectivity index (χ4v) is 5.53. The SMILES string of the molecule is N#CN1CC[C@@H](N2CCN(c3cccc(-c4ccccc4)c3)S2(=O)=O)C1. The summed E-state index contributed by atoms with van der Waals surface area (Å²) in [5.74, 6) is 0. The molecule has 2 heterocycles. The maximum atomic E-state index is 13.1. The van der Waals surface area contributed by atoms with Gasteiger partial charge in [0.25, 0.3) is 0 Å². The predicted molar refractivity (Wildman–Crippen MR) is 100 cm³/mol. The summed E-state index contributed by atoms with van der Waals surface area (Å²) in [6.07, 6.45) is 2.81. The lowest BCUT2D eigenvalue weighted by molar-refractivity contribution is 0.345. The first kappa shape index (κ1) is 16.9. The molecule has 0 radical (unpaired) electrons. The lowest BCUT2D eigenvalue weighted by atomic mass is 10.1. The van der Waals surface area contributed by atoms with Crippen molar-refractivity contribution in [2.75, 3.05) is 30.5 Å². The topological polar surface area (TPSA) is 67.7 Å². The van der Waals surface area contributed by atoms with Gasteiger partial charge in [-0.2, -0.15) is 18.0 Å². The molecule has 2 fully saturated rings. The average molecular weight is 368 g/mol. The Labute approximate surface area is 154 Å². The number of nitriles is 1. The van der Waals surface area contributed by atoms with Crippen molar-refractivity contribution < 1.29 is 8.42 Å². The summed E-state index contributed by atoms with van der Waals surface area (Å²) in [5.41, 5.74) is 2.74. The van der Waals surface area contributed by atoms with E-state index in [2.05, 4.69) is 6.19 Å². The predicted octanol–water partition coefficient (Wildman–Crippen LogP) is 2.28. The zero-order valence-electron chi connectivity index (χ0n) is 14.3. The molecule has 0 spiro atoms. The van der Waals surface area contributed by atoms with E-state index < -0.39 is 10.2 Å². The van der Waals surface area contributed by atoms with E-state index in [4.69, 9.17) is 5.26 Å². The molecule has 26 heavy (non-hydrogen) atoms. The molecule has 4 rings (SSSR count). The summed E-state index contributed by atoms with van der Waals surface area (Å²) < 4.78 is 29.2. The zero-order chi connectivity index (χ0) is 18.1. The van der Waals surface area contributed by atoms with Gasteiger partial charge >= 0.3 is 10.2 Å². The van der Waals surface area contributed by atoms with Crippen LogP contribution in [0.3, 0.4) is 0 Å². The van der Waals surface area contributed by atoms with Crippen LogP contribution in [-0.4, -0.2) is 49.8 Å². The Morgan fingerprint density at radius 1 is 0.962 bits per heavy atom. The van der Waals surface area contributed by atoms with Crippen molar-refractivity contribution in [1.82, 2.24) is 9.21 Å². The molecular formula is C19H20N4O2S. The van der Waals surface area contributed by atoms with Crippen molar-refractivity contribution in [3.8, 4) is 17.3 Å². The molecule has 0 amide bonds. The van der Waals surface area contributed by atoms with Gasteiger partial charge in [-0.25, -0.2) is 0 Å². The van der Waals surface area contributed by atoms with Crippen LogP contribution in [0.25, 0.3) is 11.1 Å². The second-order valence-electron chi connectivity index (χ2n) is 6.60. The Morgan fingerprint density at radius 3 is 2.46 bits per heavy atom. The van der Waals surface area contributed by atoms with Gasteiger partial charge in [0, 0.05) is 32.2 Å². The van der Waals surface area contributed by atoms with Gasteiger partial charge in [-0.05, 0) is 29.7 Å². The number of likely N-dealkylation sites (tertiary alicyclic amines) is 1. The fourth-order valence-electron chi connectivity index (χ4n) is 3.72. The van der Waals surface area contributed by atoms with Crippen LogP contribution in [0.1, 0.15) is 6.42 Å². The highest BCUT2D eigenvalue weighted by Gasteiger charge is 2.43. The second kappa shape index (κ2) is 6.63. The second-order valence-corrected chi connectivity index (χ2v) is 8.40. The quantitative estimate of drug-likeness (QED) is 0.780. The first-order valence-corrected chi connectivity index (χ1v) is 10.1. The molecule has 2 aromatic rings. The molecule has 2 aliphatic heterocycles. The first-order valence-electron chi connectivity index (χ1n) is 8.69. The first-order chi connectivity index (χ1) is 12.6. The van der Waals surface area contributed by atoms with E-state index >= 15 is 0 Å². The van der Waals surface area contributed by atoms with Crippen molar-refractivity contribution in [1.29, 1.82) is 5.26 Å². The van der Waals surface area contributed by atoms with Crippen LogP contribution in [-0.2, 0) is 10.2 Å². The minimum Gasteiger partial charge on any atom is -0.309 e. The van der Waals surface area contributed by atoms with E-state index in [0.717, 1.165) is 11.1 Å². The highest BCUT2D eigenvalue weighted by Crippen LogP contribution is 2.32. The van der Waals surface area contributed by atoms with Gasteiger partial charge in [0.15, 0.2) is 6.19 Å². The van der Waals surface area contributed by atoms with E-state index in [-0.39, 0.29) is 6.04 Å². The third kappa shape index (κ3) is 2.91. The van der Waals surface area contributed by atoms with Crippen LogP contribution in [0.2, 0.25) is 0 Å². The van der Waals surface area contributed by atoms with Crippen LogP contribution in [0.4, 0.5) is 5.69 Å². The van der Waals surface area contributed by atoms with Gasteiger partial charge in [-0.3, -0.25) is 4.31 Å². The molecule has 6 nitrogen and oxygen atoms in total. The Kier molecular flexibility index (Phi) is 4.31. The monoisotopic (exact) mass is 368 g/mol. The molecule has 0 aromatic heterocycles. The highest BCUT2D eigenvalue weighted by molar-refractivity contribution is 7.90. The van der Waals surface area contributed by atoms with Crippen LogP contribution >= 0.6 is 0 Å². The maximum absolute atomic E-state index is 13.1. The van der Waals surface area contributed by atoms with Crippen LogP contribution < -0.4 is 4.31 Å². The van der Waals surface area contributed by atoms with Gasteiger partial charge in [0.2, 0.25) is 0 Å². The van der Waals surface area contributed by atoms with E-state index in [1.165, 1.54) is 4.31 Å². The van der Waals surface area contributed by atoms with Crippen LogP contribution in [0.5, 0.6) is 0 Å². The number of hydrogen-bond donors (Lipinski definition) is 0. The van der Waals surface area contributed by atoms with Crippen molar-refractivity contribution in [2.24, 2.45) is 0 Å². The fraction of sp³-hybridized carbons (Fsp3) is 0.316. The molecule has 2 aromatic carbocycles. The summed E-state index contributed by atoms with van der Waals surface area (Å²) in [6, 6.07) is 17.4. The summed E-state index contributed by atoms with van der Waals surface area (Å²) in [5, 5.41) is 9.02. The smallest absolute Gasteiger partial charge is 0.304 e. The van der Waals surface area contributed by atoms with E-state index in [0.29, 0.717) is 38.3 Å².